The lowest BCUT2D eigenvalue weighted by Crippen LogP contribution is -2.26. The molecule has 0 unspecified atom stereocenters. The van der Waals surface area contributed by atoms with Gasteiger partial charge in [-0.15, -0.1) is 0 Å². The molecule has 0 amide bonds. The van der Waals surface area contributed by atoms with E-state index in [0.29, 0.717) is 6.04 Å². The molecule has 0 aliphatic rings. The quantitative estimate of drug-likeness (QED) is 0.807. The van der Waals surface area contributed by atoms with E-state index in [1.807, 2.05) is 4.68 Å². The van der Waals surface area contributed by atoms with Gasteiger partial charge in [-0.2, -0.15) is 5.10 Å². The third kappa shape index (κ3) is 5.06. The van der Waals surface area contributed by atoms with E-state index in [1.54, 1.807) is 6.20 Å². The van der Waals surface area contributed by atoms with E-state index < -0.39 is 0 Å². The molecule has 0 aliphatic carbocycles. The second-order valence-electron chi connectivity index (χ2n) is 4.82. The molecule has 98 valence electrons. The van der Waals surface area contributed by atoms with Crippen molar-refractivity contribution in [1.29, 1.82) is 0 Å². The molecule has 4 nitrogen and oxygen atoms in total. The first-order valence-electron chi connectivity index (χ1n) is 6.09. The molecule has 1 rings (SSSR count). The van der Waals surface area contributed by atoms with Gasteiger partial charge >= 0.3 is 0 Å². The second kappa shape index (κ2) is 6.99. The van der Waals surface area contributed by atoms with Crippen molar-refractivity contribution < 1.29 is 0 Å². The normalized spacial score (nSPS) is 11.7. The summed E-state index contributed by atoms with van der Waals surface area (Å²) in [5, 5.41) is 8.48. The molecule has 0 saturated carbocycles. The van der Waals surface area contributed by atoms with Gasteiger partial charge < -0.3 is 10.2 Å². The SMILES string of the molecule is CC(C)NCCc1c(Cl)cnn1CCN(C)C. The second-order valence-corrected chi connectivity index (χ2v) is 5.23. The average molecular weight is 259 g/mol. The maximum atomic E-state index is 6.15. The van der Waals surface area contributed by atoms with Gasteiger partial charge in [-0.05, 0) is 14.1 Å². The highest BCUT2D eigenvalue weighted by Crippen LogP contribution is 2.15. The van der Waals surface area contributed by atoms with E-state index in [0.717, 1.165) is 36.8 Å². The van der Waals surface area contributed by atoms with Crippen LogP contribution < -0.4 is 5.32 Å². The van der Waals surface area contributed by atoms with Crippen LogP contribution in [0.1, 0.15) is 19.5 Å². The lowest BCUT2D eigenvalue weighted by molar-refractivity contribution is 0.369. The fourth-order valence-corrected chi connectivity index (χ4v) is 1.84. The third-order valence-corrected chi connectivity index (χ3v) is 2.89. The van der Waals surface area contributed by atoms with Crippen LogP contribution in [-0.2, 0) is 13.0 Å². The first-order chi connectivity index (χ1) is 8.00. The van der Waals surface area contributed by atoms with Gasteiger partial charge in [-0.3, -0.25) is 4.68 Å². The minimum atomic E-state index is 0.506. The van der Waals surface area contributed by atoms with Gasteiger partial charge in [0, 0.05) is 25.6 Å². The van der Waals surface area contributed by atoms with Crippen LogP contribution in [0.3, 0.4) is 0 Å². The van der Waals surface area contributed by atoms with Crippen LogP contribution in [0.4, 0.5) is 0 Å². The molecular formula is C12H23ClN4. The van der Waals surface area contributed by atoms with E-state index in [9.17, 15) is 0 Å². The van der Waals surface area contributed by atoms with Crippen LogP contribution in [0.15, 0.2) is 6.20 Å². The summed E-state index contributed by atoms with van der Waals surface area (Å²) in [7, 11) is 4.12. The van der Waals surface area contributed by atoms with Crippen LogP contribution in [0.2, 0.25) is 5.02 Å². The molecule has 1 heterocycles. The van der Waals surface area contributed by atoms with Crippen molar-refractivity contribution in [3.63, 3.8) is 0 Å². The Morgan fingerprint density at radius 2 is 2.18 bits per heavy atom. The summed E-state index contributed by atoms with van der Waals surface area (Å²) in [6.45, 7) is 7.08. The summed E-state index contributed by atoms with van der Waals surface area (Å²) in [5.41, 5.74) is 1.13. The number of nitrogens with zero attached hydrogens (tertiary/aromatic N) is 3. The molecule has 5 heteroatoms. The van der Waals surface area contributed by atoms with Crippen LogP contribution in [0, 0.1) is 0 Å². The minimum absolute atomic E-state index is 0.506. The molecular weight excluding hydrogens is 236 g/mol. The Bertz CT molecular complexity index is 333. The summed E-state index contributed by atoms with van der Waals surface area (Å²) >= 11 is 6.15. The molecule has 0 spiro atoms. The Balaban J connectivity index is 2.53. The lowest BCUT2D eigenvalue weighted by Gasteiger charge is -2.13. The van der Waals surface area contributed by atoms with E-state index in [4.69, 9.17) is 11.6 Å². The van der Waals surface area contributed by atoms with Crippen LogP contribution in [0.25, 0.3) is 0 Å². The number of rotatable bonds is 7. The van der Waals surface area contributed by atoms with Crippen LogP contribution >= 0.6 is 11.6 Å². The Morgan fingerprint density at radius 3 is 2.76 bits per heavy atom. The topological polar surface area (TPSA) is 33.1 Å². The van der Waals surface area contributed by atoms with Gasteiger partial charge in [0.15, 0.2) is 0 Å². The third-order valence-electron chi connectivity index (χ3n) is 2.57. The molecule has 0 radical (unpaired) electrons. The number of nitrogens with one attached hydrogen (secondary N) is 1. The van der Waals surface area contributed by atoms with Crippen LogP contribution in [-0.4, -0.2) is 47.9 Å². The summed E-state index contributed by atoms with van der Waals surface area (Å²) < 4.78 is 2.00. The highest BCUT2D eigenvalue weighted by Gasteiger charge is 2.09. The zero-order valence-electron chi connectivity index (χ0n) is 11.2. The maximum absolute atomic E-state index is 6.15. The number of hydrogen-bond donors (Lipinski definition) is 1. The number of halogens is 1. The lowest BCUT2D eigenvalue weighted by atomic mass is 10.3. The number of aromatic nitrogens is 2. The molecule has 1 aromatic rings. The maximum Gasteiger partial charge on any atom is 0.0818 e. The molecule has 0 aromatic carbocycles. The molecule has 0 bridgehead atoms. The first-order valence-corrected chi connectivity index (χ1v) is 6.46. The van der Waals surface area contributed by atoms with Crippen molar-refractivity contribution in [1.82, 2.24) is 20.0 Å². The predicted molar refractivity (Wildman–Crippen MR) is 72.6 cm³/mol. The van der Waals surface area contributed by atoms with Crippen molar-refractivity contribution in [2.45, 2.75) is 32.9 Å². The molecule has 0 aliphatic heterocycles. The number of likely N-dealkylation sites (N-methyl/N-ethyl adjacent to an activating group) is 1. The van der Waals surface area contributed by atoms with Crippen molar-refractivity contribution in [3.05, 3.63) is 16.9 Å². The standard InChI is InChI=1S/C12H23ClN4/c1-10(2)14-6-5-12-11(13)9-15-17(12)8-7-16(3)4/h9-10,14H,5-8H2,1-4H3. The van der Waals surface area contributed by atoms with Gasteiger partial charge in [0.1, 0.15) is 0 Å². The van der Waals surface area contributed by atoms with Gasteiger partial charge in [-0.25, -0.2) is 0 Å². The van der Waals surface area contributed by atoms with Crippen molar-refractivity contribution in [2.75, 3.05) is 27.2 Å². The van der Waals surface area contributed by atoms with Crippen molar-refractivity contribution >= 4 is 11.6 Å². The molecule has 1 aromatic heterocycles. The molecule has 0 saturated heterocycles. The largest absolute Gasteiger partial charge is 0.314 e. The van der Waals surface area contributed by atoms with Crippen molar-refractivity contribution in [3.8, 4) is 0 Å². The average Bonchev–Trinajstić information content (AvgIpc) is 2.57. The Labute approximate surface area is 109 Å². The van der Waals surface area contributed by atoms with Gasteiger partial charge in [-0.1, -0.05) is 25.4 Å². The molecule has 1 N–H and O–H groups in total. The first kappa shape index (κ1) is 14.5. The fourth-order valence-electron chi connectivity index (χ4n) is 1.60. The summed E-state index contributed by atoms with van der Waals surface area (Å²) in [6.07, 6.45) is 2.66. The molecule has 17 heavy (non-hydrogen) atoms. The highest BCUT2D eigenvalue weighted by molar-refractivity contribution is 6.31. The fraction of sp³-hybridized carbons (Fsp3) is 0.750. The Kier molecular flexibility index (Phi) is 5.95. The molecule has 0 fully saturated rings. The minimum Gasteiger partial charge on any atom is -0.314 e. The highest BCUT2D eigenvalue weighted by atomic mass is 35.5. The van der Waals surface area contributed by atoms with Gasteiger partial charge in [0.25, 0.3) is 0 Å². The van der Waals surface area contributed by atoms with E-state index in [-0.39, 0.29) is 0 Å². The van der Waals surface area contributed by atoms with E-state index >= 15 is 0 Å². The molecule has 0 atom stereocenters. The number of hydrogen-bond acceptors (Lipinski definition) is 3. The Morgan fingerprint density at radius 1 is 1.47 bits per heavy atom. The monoisotopic (exact) mass is 258 g/mol. The summed E-state index contributed by atoms with van der Waals surface area (Å²) in [6, 6.07) is 0.506. The smallest absolute Gasteiger partial charge is 0.0818 e. The van der Waals surface area contributed by atoms with Crippen LogP contribution in [0.5, 0.6) is 0 Å². The van der Waals surface area contributed by atoms with Gasteiger partial charge in [0.2, 0.25) is 0 Å². The van der Waals surface area contributed by atoms with E-state index in [1.165, 1.54) is 0 Å². The summed E-state index contributed by atoms with van der Waals surface area (Å²) in [4.78, 5) is 2.14. The zero-order valence-corrected chi connectivity index (χ0v) is 12.0. The van der Waals surface area contributed by atoms with Gasteiger partial charge in [0.05, 0.1) is 23.5 Å². The predicted octanol–water partition coefficient (Wildman–Crippen LogP) is 1.64. The Hall–Kier alpha value is -0.580. The van der Waals surface area contributed by atoms with E-state index in [2.05, 4.69) is 43.3 Å². The van der Waals surface area contributed by atoms with Crippen molar-refractivity contribution in [2.24, 2.45) is 0 Å². The summed E-state index contributed by atoms with van der Waals surface area (Å²) in [5.74, 6) is 0. The zero-order chi connectivity index (χ0) is 12.8.